The molecule has 74 valence electrons. The molecular weight excluding hydrogens is 208 g/mol. The fourth-order valence-corrected chi connectivity index (χ4v) is 3.41. The summed E-state index contributed by atoms with van der Waals surface area (Å²) >= 11 is 0. The summed E-state index contributed by atoms with van der Waals surface area (Å²) in [7, 11) is -3.23. The van der Waals surface area contributed by atoms with Gasteiger partial charge in [-0.25, -0.2) is 0 Å². The molecule has 0 aromatic heterocycles. The van der Waals surface area contributed by atoms with Gasteiger partial charge in [0.25, 0.3) is 11.9 Å². The third kappa shape index (κ3) is 7.69. The van der Waals surface area contributed by atoms with Gasteiger partial charge in [0.1, 0.15) is 0 Å². The molecule has 0 rings (SSSR count). The summed E-state index contributed by atoms with van der Waals surface area (Å²) in [6.45, 7) is 5.96. The zero-order valence-corrected chi connectivity index (χ0v) is 10.0. The predicted octanol–water partition coefficient (Wildman–Crippen LogP) is 0.365. The van der Waals surface area contributed by atoms with Crippen molar-refractivity contribution in [3.63, 3.8) is 0 Å². The predicted molar refractivity (Wildman–Crippen MR) is 47.9 cm³/mol. The third-order valence-corrected chi connectivity index (χ3v) is 4.31. The molecule has 5 nitrogen and oxygen atoms in total. The molecule has 0 aliphatic carbocycles. The summed E-state index contributed by atoms with van der Waals surface area (Å²) in [5.74, 6) is -0.761. The molecule has 7 heteroatoms. The lowest BCUT2D eigenvalue weighted by Gasteiger charge is -2.13. The van der Waals surface area contributed by atoms with Gasteiger partial charge in [-0.1, -0.05) is 0 Å². The van der Waals surface area contributed by atoms with Gasteiger partial charge < -0.3 is 13.0 Å². The first kappa shape index (κ1) is 12.3. The average Bonchev–Trinajstić information content (AvgIpc) is 1.80. The first-order valence-corrected chi connectivity index (χ1v) is 7.27. The molecule has 0 unspecified atom stereocenters. The van der Waals surface area contributed by atoms with Crippen molar-refractivity contribution < 1.29 is 22.6 Å². The van der Waals surface area contributed by atoms with Gasteiger partial charge in [0.15, 0.2) is 0 Å². The van der Waals surface area contributed by atoms with Crippen LogP contribution >= 0.6 is 0 Å². The molecular formula is C6H12O5Si2. The molecule has 0 saturated heterocycles. The second-order valence-corrected chi connectivity index (χ2v) is 5.46. The van der Waals surface area contributed by atoms with Crippen LogP contribution in [0.2, 0.25) is 13.1 Å². The smallest absolute Gasteiger partial charge is 0.447 e. The molecule has 0 aliphatic heterocycles. The highest BCUT2D eigenvalue weighted by molar-refractivity contribution is 6.59. The van der Waals surface area contributed by atoms with Gasteiger partial charge in [-0.05, 0) is 13.1 Å². The zero-order valence-electron chi connectivity index (χ0n) is 8.04. The molecule has 0 N–H and O–H groups in total. The highest BCUT2D eigenvalue weighted by Gasteiger charge is 2.21. The maximum Gasteiger partial charge on any atom is 0.447 e. The van der Waals surface area contributed by atoms with E-state index in [4.69, 9.17) is 13.0 Å². The van der Waals surface area contributed by atoms with Gasteiger partial charge in [0.2, 0.25) is 0 Å². The van der Waals surface area contributed by atoms with Gasteiger partial charge in [-0.3, -0.25) is 9.59 Å². The third-order valence-electron chi connectivity index (χ3n) is 0.862. The Bertz CT molecular complexity index is 175. The van der Waals surface area contributed by atoms with Crippen LogP contribution in [-0.2, 0) is 22.6 Å². The fraction of sp³-hybridized carbons (Fsp3) is 0.667. The van der Waals surface area contributed by atoms with Crippen molar-refractivity contribution in [2.75, 3.05) is 0 Å². The SMILES string of the molecule is CC(=O)O[Si](C)O[Si](C)OC(C)=O. The molecule has 0 bridgehead atoms. The van der Waals surface area contributed by atoms with Crippen LogP contribution in [0.1, 0.15) is 13.8 Å². The molecule has 2 radical (unpaired) electrons. The summed E-state index contributed by atoms with van der Waals surface area (Å²) in [5, 5.41) is 0. The van der Waals surface area contributed by atoms with E-state index < -0.39 is 18.6 Å². The van der Waals surface area contributed by atoms with Gasteiger partial charge in [0.05, 0.1) is 0 Å². The molecule has 0 aromatic rings. The lowest BCUT2D eigenvalue weighted by Crippen LogP contribution is -2.32. The maximum atomic E-state index is 10.5. The Balaban J connectivity index is 3.70. The standard InChI is InChI=1S/C6H12O5Si2/c1-5(7)9-12(3)11-13(4)10-6(2)8/h1-4H3. The number of carbonyl (C=O) groups excluding carboxylic acids is 2. The minimum absolute atomic E-state index is 0.381. The van der Waals surface area contributed by atoms with E-state index in [1.54, 1.807) is 13.1 Å². The van der Waals surface area contributed by atoms with E-state index in [0.717, 1.165) is 0 Å². The zero-order chi connectivity index (χ0) is 10.4. The van der Waals surface area contributed by atoms with E-state index in [1.165, 1.54) is 13.8 Å². The molecule has 0 atom stereocenters. The first-order valence-electron chi connectivity index (χ1n) is 3.63. The van der Waals surface area contributed by atoms with E-state index in [1.807, 2.05) is 0 Å². The van der Waals surface area contributed by atoms with Crippen molar-refractivity contribution in [1.29, 1.82) is 0 Å². The van der Waals surface area contributed by atoms with Gasteiger partial charge in [-0.2, -0.15) is 0 Å². The van der Waals surface area contributed by atoms with Crippen LogP contribution < -0.4 is 0 Å². The minimum Gasteiger partial charge on any atom is -0.493 e. The van der Waals surface area contributed by atoms with Crippen LogP contribution in [0.5, 0.6) is 0 Å². The topological polar surface area (TPSA) is 61.8 Å². The van der Waals surface area contributed by atoms with E-state index in [0.29, 0.717) is 0 Å². The highest BCUT2D eigenvalue weighted by atomic mass is 28.4. The van der Waals surface area contributed by atoms with Crippen LogP contribution in [-0.4, -0.2) is 30.5 Å². The van der Waals surface area contributed by atoms with Crippen molar-refractivity contribution in [2.45, 2.75) is 26.9 Å². The van der Waals surface area contributed by atoms with Gasteiger partial charge in [-0.15, -0.1) is 0 Å². The Morgan fingerprint density at radius 2 is 1.23 bits per heavy atom. The number of rotatable bonds is 4. The van der Waals surface area contributed by atoms with Crippen molar-refractivity contribution in [3.05, 3.63) is 0 Å². The monoisotopic (exact) mass is 220 g/mol. The highest BCUT2D eigenvalue weighted by Crippen LogP contribution is 1.95. The largest absolute Gasteiger partial charge is 0.493 e. The quantitative estimate of drug-likeness (QED) is 0.640. The summed E-state index contributed by atoms with van der Waals surface area (Å²) < 4.78 is 14.7. The summed E-state index contributed by atoms with van der Waals surface area (Å²) in [6.07, 6.45) is 0. The number of hydrogen-bond acceptors (Lipinski definition) is 5. The minimum atomic E-state index is -1.61. The Morgan fingerprint density at radius 3 is 1.46 bits per heavy atom. The van der Waals surface area contributed by atoms with E-state index in [-0.39, 0.29) is 11.9 Å². The van der Waals surface area contributed by atoms with Crippen LogP contribution in [0.15, 0.2) is 0 Å². The normalized spacial score (nSPS) is 10.3. The van der Waals surface area contributed by atoms with Crippen LogP contribution in [0.25, 0.3) is 0 Å². The summed E-state index contributed by atoms with van der Waals surface area (Å²) in [4.78, 5) is 21.0. The molecule has 0 aliphatic rings. The van der Waals surface area contributed by atoms with Gasteiger partial charge >= 0.3 is 18.6 Å². The Labute approximate surface area is 80.7 Å². The lowest BCUT2D eigenvalue weighted by atomic mass is 10.9. The summed E-state index contributed by atoms with van der Waals surface area (Å²) in [6, 6.07) is 0. The second-order valence-electron chi connectivity index (χ2n) is 2.27. The molecule has 0 amide bonds. The molecule has 0 heterocycles. The van der Waals surface area contributed by atoms with Crippen molar-refractivity contribution in [3.8, 4) is 0 Å². The molecule has 0 aromatic carbocycles. The van der Waals surface area contributed by atoms with Crippen molar-refractivity contribution >= 4 is 30.5 Å². The Kier molecular flexibility index (Phi) is 5.59. The number of carbonyl (C=O) groups is 2. The lowest BCUT2D eigenvalue weighted by molar-refractivity contribution is -0.133. The van der Waals surface area contributed by atoms with Gasteiger partial charge in [0, 0.05) is 13.8 Å². The summed E-state index contributed by atoms with van der Waals surface area (Å²) in [5.41, 5.74) is 0. The molecule has 13 heavy (non-hydrogen) atoms. The number of hydrogen-bond donors (Lipinski definition) is 0. The van der Waals surface area contributed by atoms with E-state index >= 15 is 0 Å². The first-order chi connectivity index (χ1) is 5.91. The average molecular weight is 220 g/mol. The fourth-order valence-electron chi connectivity index (χ4n) is 0.649. The van der Waals surface area contributed by atoms with E-state index in [9.17, 15) is 9.59 Å². The Morgan fingerprint density at radius 1 is 0.923 bits per heavy atom. The maximum absolute atomic E-state index is 10.5. The van der Waals surface area contributed by atoms with Crippen molar-refractivity contribution in [1.82, 2.24) is 0 Å². The van der Waals surface area contributed by atoms with Crippen LogP contribution in [0.4, 0.5) is 0 Å². The second kappa shape index (κ2) is 5.89. The van der Waals surface area contributed by atoms with E-state index in [2.05, 4.69) is 0 Å². The molecule has 0 fully saturated rings. The Hall–Kier alpha value is -0.666. The van der Waals surface area contributed by atoms with Crippen molar-refractivity contribution in [2.24, 2.45) is 0 Å². The van der Waals surface area contributed by atoms with Crippen LogP contribution in [0, 0.1) is 0 Å². The molecule has 0 spiro atoms. The molecule has 0 saturated carbocycles. The van der Waals surface area contributed by atoms with Crippen LogP contribution in [0.3, 0.4) is 0 Å².